The number of methoxy groups -OCH3 is 1. The van der Waals surface area contributed by atoms with Gasteiger partial charge < -0.3 is 25.4 Å². The molecule has 1 amide bonds. The van der Waals surface area contributed by atoms with E-state index in [0.717, 1.165) is 36.4 Å². The maximum absolute atomic E-state index is 12.1. The van der Waals surface area contributed by atoms with E-state index < -0.39 is 0 Å². The number of benzene rings is 2. The number of guanidine groups is 1. The van der Waals surface area contributed by atoms with Gasteiger partial charge in [0, 0.05) is 39.3 Å². The van der Waals surface area contributed by atoms with Crippen LogP contribution in [-0.2, 0) is 22.6 Å². The molecule has 0 aliphatic carbocycles. The Kier molecular flexibility index (Phi) is 11.6. The molecule has 0 fully saturated rings. The molecule has 0 saturated heterocycles. The lowest BCUT2D eigenvalue weighted by molar-refractivity contribution is -0.121. The van der Waals surface area contributed by atoms with Crippen molar-refractivity contribution in [2.45, 2.75) is 32.9 Å². The molecule has 0 aromatic heterocycles. The van der Waals surface area contributed by atoms with Crippen LogP contribution in [0.1, 0.15) is 30.9 Å². The van der Waals surface area contributed by atoms with Gasteiger partial charge in [0.2, 0.25) is 5.91 Å². The summed E-state index contributed by atoms with van der Waals surface area (Å²) < 4.78 is 10.6. The second-order valence-corrected chi connectivity index (χ2v) is 6.93. The molecule has 31 heavy (non-hydrogen) atoms. The van der Waals surface area contributed by atoms with Crippen LogP contribution < -0.4 is 20.7 Å². The van der Waals surface area contributed by atoms with Crippen molar-refractivity contribution in [3.63, 3.8) is 0 Å². The summed E-state index contributed by atoms with van der Waals surface area (Å²) in [6.07, 6.45) is 1.25. The molecule has 0 saturated carbocycles. The van der Waals surface area contributed by atoms with Crippen molar-refractivity contribution < 1.29 is 14.3 Å². The standard InChI is InChI=1S/C24H34N4O3/c1-3-31-17-7-15-25-24(28-19-21-10-12-22(30-2)13-11-21)26-16-14-23(29)27-18-20-8-5-4-6-9-20/h4-6,8-13H,3,7,14-19H2,1-2H3,(H,27,29)(H2,25,26,28). The van der Waals surface area contributed by atoms with E-state index in [4.69, 9.17) is 9.47 Å². The molecule has 7 heteroatoms. The smallest absolute Gasteiger partial charge is 0.222 e. The van der Waals surface area contributed by atoms with E-state index in [0.29, 0.717) is 38.6 Å². The van der Waals surface area contributed by atoms with E-state index in [2.05, 4.69) is 20.9 Å². The van der Waals surface area contributed by atoms with Gasteiger partial charge in [-0.2, -0.15) is 0 Å². The van der Waals surface area contributed by atoms with Gasteiger partial charge in [-0.1, -0.05) is 42.5 Å². The first-order valence-electron chi connectivity index (χ1n) is 10.7. The number of rotatable bonds is 13. The van der Waals surface area contributed by atoms with Crippen LogP contribution in [0.5, 0.6) is 5.75 Å². The van der Waals surface area contributed by atoms with Gasteiger partial charge >= 0.3 is 0 Å². The third-order valence-corrected chi connectivity index (χ3v) is 4.52. The molecular formula is C24H34N4O3. The Labute approximate surface area is 185 Å². The summed E-state index contributed by atoms with van der Waals surface area (Å²) >= 11 is 0. The molecule has 0 radical (unpaired) electrons. The second-order valence-electron chi connectivity index (χ2n) is 6.93. The van der Waals surface area contributed by atoms with Crippen LogP contribution >= 0.6 is 0 Å². The van der Waals surface area contributed by atoms with Crippen LogP contribution in [0.15, 0.2) is 59.6 Å². The number of nitrogens with zero attached hydrogens (tertiary/aromatic N) is 1. The number of aliphatic imine (C=N–C) groups is 1. The van der Waals surface area contributed by atoms with Crippen LogP contribution in [0.3, 0.4) is 0 Å². The summed E-state index contributed by atoms with van der Waals surface area (Å²) in [7, 11) is 1.65. The molecular weight excluding hydrogens is 392 g/mol. The lowest BCUT2D eigenvalue weighted by Gasteiger charge is -2.13. The van der Waals surface area contributed by atoms with Gasteiger partial charge in [-0.05, 0) is 36.6 Å². The molecule has 168 valence electrons. The molecule has 7 nitrogen and oxygen atoms in total. The van der Waals surface area contributed by atoms with Gasteiger partial charge in [0.15, 0.2) is 5.96 Å². The Morgan fingerprint density at radius 1 is 0.935 bits per heavy atom. The van der Waals surface area contributed by atoms with Gasteiger partial charge in [0.1, 0.15) is 5.75 Å². The zero-order valence-electron chi connectivity index (χ0n) is 18.5. The first-order valence-corrected chi connectivity index (χ1v) is 10.7. The van der Waals surface area contributed by atoms with Crippen LogP contribution in [0.4, 0.5) is 0 Å². The SMILES string of the molecule is CCOCCCNC(=NCc1ccc(OC)cc1)NCCC(=O)NCc1ccccc1. The quantitative estimate of drug-likeness (QED) is 0.261. The minimum Gasteiger partial charge on any atom is -0.497 e. The highest BCUT2D eigenvalue weighted by molar-refractivity contribution is 5.81. The van der Waals surface area contributed by atoms with E-state index in [1.807, 2.05) is 61.5 Å². The molecule has 2 rings (SSSR count). The van der Waals surface area contributed by atoms with E-state index in [-0.39, 0.29) is 5.91 Å². The molecule has 0 bridgehead atoms. The second kappa shape index (κ2) is 14.8. The molecule has 3 N–H and O–H groups in total. The molecule has 0 spiro atoms. The molecule has 0 heterocycles. The fraction of sp³-hybridized carbons (Fsp3) is 0.417. The van der Waals surface area contributed by atoms with E-state index in [9.17, 15) is 4.79 Å². The van der Waals surface area contributed by atoms with Crippen molar-refractivity contribution in [1.29, 1.82) is 0 Å². The fourth-order valence-electron chi connectivity index (χ4n) is 2.78. The van der Waals surface area contributed by atoms with Gasteiger partial charge in [-0.3, -0.25) is 4.79 Å². The molecule has 0 atom stereocenters. The molecule has 0 aliphatic rings. The average molecular weight is 427 g/mol. The number of amides is 1. The lowest BCUT2D eigenvalue weighted by atomic mass is 10.2. The minimum absolute atomic E-state index is 0.00204. The monoisotopic (exact) mass is 426 g/mol. The van der Waals surface area contributed by atoms with Crippen molar-refractivity contribution in [3.05, 3.63) is 65.7 Å². The zero-order valence-corrected chi connectivity index (χ0v) is 18.5. The summed E-state index contributed by atoms with van der Waals surface area (Å²) in [4.78, 5) is 16.8. The third kappa shape index (κ3) is 10.5. The van der Waals surface area contributed by atoms with Crippen LogP contribution in [0.2, 0.25) is 0 Å². The molecule has 0 aliphatic heterocycles. The van der Waals surface area contributed by atoms with E-state index >= 15 is 0 Å². The normalized spacial score (nSPS) is 11.1. The number of carbonyl (C=O) groups is 1. The Balaban J connectivity index is 1.79. The number of hydrogen-bond donors (Lipinski definition) is 3. The van der Waals surface area contributed by atoms with Gasteiger partial charge in [-0.15, -0.1) is 0 Å². The van der Waals surface area contributed by atoms with Crippen molar-refractivity contribution in [2.75, 3.05) is 33.4 Å². The zero-order chi connectivity index (χ0) is 22.2. The van der Waals surface area contributed by atoms with Crippen LogP contribution in [-0.4, -0.2) is 45.3 Å². The van der Waals surface area contributed by atoms with Gasteiger partial charge in [-0.25, -0.2) is 4.99 Å². The topological polar surface area (TPSA) is 84.0 Å². The van der Waals surface area contributed by atoms with Crippen LogP contribution in [0.25, 0.3) is 0 Å². The summed E-state index contributed by atoms with van der Waals surface area (Å²) in [6.45, 7) is 5.72. The first-order chi connectivity index (χ1) is 15.2. The number of nitrogens with one attached hydrogen (secondary N) is 3. The highest BCUT2D eigenvalue weighted by Gasteiger charge is 2.04. The third-order valence-electron chi connectivity index (χ3n) is 4.52. The van der Waals surface area contributed by atoms with Crippen molar-refractivity contribution in [3.8, 4) is 5.75 Å². The Bertz CT molecular complexity index is 779. The summed E-state index contributed by atoms with van der Waals surface area (Å²) in [6, 6.07) is 17.7. The summed E-state index contributed by atoms with van der Waals surface area (Å²) in [5.74, 6) is 1.51. The van der Waals surface area contributed by atoms with Crippen molar-refractivity contribution >= 4 is 11.9 Å². The number of carbonyl (C=O) groups excluding carboxylic acids is 1. The molecule has 2 aromatic carbocycles. The number of hydrogen-bond acceptors (Lipinski definition) is 4. The van der Waals surface area contributed by atoms with Crippen molar-refractivity contribution in [2.24, 2.45) is 4.99 Å². The van der Waals surface area contributed by atoms with Gasteiger partial charge in [0.05, 0.1) is 13.7 Å². The maximum atomic E-state index is 12.1. The lowest BCUT2D eigenvalue weighted by Crippen LogP contribution is -2.40. The van der Waals surface area contributed by atoms with Gasteiger partial charge in [0.25, 0.3) is 0 Å². The van der Waals surface area contributed by atoms with E-state index in [1.165, 1.54) is 0 Å². The fourth-order valence-corrected chi connectivity index (χ4v) is 2.78. The van der Waals surface area contributed by atoms with Crippen molar-refractivity contribution in [1.82, 2.24) is 16.0 Å². The predicted octanol–water partition coefficient (Wildman–Crippen LogP) is 2.86. The summed E-state index contributed by atoms with van der Waals surface area (Å²) in [5, 5.41) is 9.49. The van der Waals surface area contributed by atoms with E-state index in [1.54, 1.807) is 7.11 Å². The largest absolute Gasteiger partial charge is 0.497 e. The molecule has 0 unspecified atom stereocenters. The summed E-state index contributed by atoms with van der Waals surface area (Å²) in [5.41, 5.74) is 2.17. The number of ether oxygens (including phenoxy) is 2. The Morgan fingerprint density at radius 2 is 1.68 bits per heavy atom. The maximum Gasteiger partial charge on any atom is 0.222 e. The average Bonchev–Trinajstić information content (AvgIpc) is 2.81. The Hall–Kier alpha value is -3.06. The highest BCUT2D eigenvalue weighted by atomic mass is 16.5. The highest BCUT2D eigenvalue weighted by Crippen LogP contribution is 2.11. The predicted molar refractivity (Wildman–Crippen MR) is 124 cm³/mol. The molecule has 2 aromatic rings. The minimum atomic E-state index is 0.00204. The van der Waals surface area contributed by atoms with Crippen LogP contribution in [0, 0.1) is 0 Å². The Morgan fingerprint density at radius 3 is 2.39 bits per heavy atom. The first kappa shape index (κ1) is 24.2.